The molecule has 2 rings (SSSR count). The van der Waals surface area contributed by atoms with E-state index in [1.165, 1.54) is 12.1 Å². The first kappa shape index (κ1) is 13.3. The molecule has 0 unspecified atom stereocenters. The number of carbonyl (C=O) groups is 1. The molecule has 1 aliphatic rings. The van der Waals surface area contributed by atoms with E-state index in [0.717, 1.165) is 12.8 Å². The molecule has 0 spiro atoms. The summed E-state index contributed by atoms with van der Waals surface area (Å²) in [5, 5.41) is 14.6. The van der Waals surface area contributed by atoms with Crippen molar-refractivity contribution in [3.8, 4) is 6.07 Å². The van der Waals surface area contributed by atoms with Gasteiger partial charge in [-0.1, -0.05) is 6.92 Å². The highest BCUT2D eigenvalue weighted by Gasteiger charge is 2.29. The maximum absolute atomic E-state index is 13.3. The van der Waals surface area contributed by atoms with Crippen LogP contribution in [0.3, 0.4) is 0 Å². The third-order valence-corrected chi connectivity index (χ3v) is 3.26. The maximum atomic E-state index is 13.3. The highest BCUT2D eigenvalue weighted by Crippen LogP contribution is 2.32. The van der Waals surface area contributed by atoms with Gasteiger partial charge >= 0.3 is 0 Å². The lowest BCUT2D eigenvalue weighted by Crippen LogP contribution is -2.34. The fraction of sp³-hybridized carbons (Fsp3) is 0.429. The Bertz CT molecular complexity index is 518. The zero-order valence-electron chi connectivity index (χ0n) is 10.7. The van der Waals surface area contributed by atoms with Crippen molar-refractivity contribution in [2.45, 2.75) is 32.2 Å². The Balaban J connectivity index is 2.07. The van der Waals surface area contributed by atoms with Gasteiger partial charge in [-0.15, -0.1) is 0 Å². The highest BCUT2D eigenvalue weighted by molar-refractivity contribution is 5.94. The molecule has 5 heteroatoms. The van der Waals surface area contributed by atoms with Crippen molar-refractivity contribution in [3.63, 3.8) is 0 Å². The summed E-state index contributed by atoms with van der Waals surface area (Å²) in [5.74, 6) is -0.383. The standard InChI is InChI=1S/C14H16FN3O/c1-2-14(19)18-12-4-3-10(15)7-13(12)17-11-5-9(6-11)8-16/h3-4,7,9,11,17H,2,5-6H2,1H3,(H,18,19). The number of anilines is 2. The van der Waals surface area contributed by atoms with E-state index in [4.69, 9.17) is 5.26 Å². The Hall–Kier alpha value is -2.09. The number of carbonyl (C=O) groups excluding carboxylic acids is 1. The second-order valence-corrected chi connectivity index (χ2v) is 4.73. The molecule has 0 saturated heterocycles. The fourth-order valence-corrected chi connectivity index (χ4v) is 2.04. The summed E-state index contributed by atoms with van der Waals surface area (Å²) in [6, 6.07) is 6.60. The molecule has 100 valence electrons. The van der Waals surface area contributed by atoms with Gasteiger partial charge in [-0.3, -0.25) is 4.79 Å². The number of halogens is 1. The number of nitrogens with zero attached hydrogens (tertiary/aromatic N) is 1. The quantitative estimate of drug-likeness (QED) is 0.875. The van der Waals surface area contributed by atoms with Crippen LogP contribution in [-0.4, -0.2) is 11.9 Å². The number of amides is 1. The van der Waals surface area contributed by atoms with Gasteiger partial charge in [0.05, 0.1) is 23.4 Å². The zero-order chi connectivity index (χ0) is 13.8. The van der Waals surface area contributed by atoms with Crippen LogP contribution in [0.1, 0.15) is 26.2 Å². The van der Waals surface area contributed by atoms with Crippen LogP contribution in [0, 0.1) is 23.1 Å². The van der Waals surface area contributed by atoms with E-state index in [1.807, 2.05) is 0 Å². The Kier molecular flexibility index (Phi) is 4.00. The average molecular weight is 261 g/mol. The first-order valence-corrected chi connectivity index (χ1v) is 6.38. The molecule has 4 nitrogen and oxygen atoms in total. The molecule has 0 heterocycles. The number of nitrogens with one attached hydrogen (secondary N) is 2. The predicted molar refractivity (Wildman–Crippen MR) is 71.1 cm³/mol. The van der Waals surface area contributed by atoms with Gasteiger partial charge in [0.1, 0.15) is 5.82 Å². The molecule has 1 saturated carbocycles. The number of hydrogen-bond donors (Lipinski definition) is 2. The fourth-order valence-electron chi connectivity index (χ4n) is 2.04. The average Bonchev–Trinajstić information content (AvgIpc) is 2.35. The minimum Gasteiger partial charge on any atom is -0.380 e. The molecular formula is C14H16FN3O. The van der Waals surface area contributed by atoms with Crippen LogP contribution in [0.15, 0.2) is 18.2 Å². The van der Waals surface area contributed by atoms with Crippen molar-refractivity contribution in [1.29, 1.82) is 5.26 Å². The van der Waals surface area contributed by atoms with Gasteiger partial charge < -0.3 is 10.6 Å². The third-order valence-electron chi connectivity index (χ3n) is 3.26. The van der Waals surface area contributed by atoms with Crippen molar-refractivity contribution >= 4 is 17.3 Å². The van der Waals surface area contributed by atoms with Crippen LogP contribution in [0.5, 0.6) is 0 Å². The largest absolute Gasteiger partial charge is 0.380 e. The molecule has 0 atom stereocenters. The van der Waals surface area contributed by atoms with Gasteiger partial charge in [0.15, 0.2) is 0 Å². The molecule has 1 fully saturated rings. The van der Waals surface area contributed by atoms with Crippen molar-refractivity contribution in [1.82, 2.24) is 0 Å². The SMILES string of the molecule is CCC(=O)Nc1ccc(F)cc1NC1CC(C#N)C1. The molecule has 1 amide bonds. The molecule has 1 aromatic rings. The minimum atomic E-state index is -0.354. The Morgan fingerprint density at radius 3 is 2.84 bits per heavy atom. The third kappa shape index (κ3) is 3.22. The van der Waals surface area contributed by atoms with Gasteiger partial charge in [-0.25, -0.2) is 4.39 Å². The van der Waals surface area contributed by atoms with E-state index in [2.05, 4.69) is 16.7 Å². The number of rotatable bonds is 4. The molecule has 19 heavy (non-hydrogen) atoms. The molecule has 0 aliphatic heterocycles. The van der Waals surface area contributed by atoms with Gasteiger partial charge in [0.2, 0.25) is 5.91 Å². The van der Waals surface area contributed by atoms with Crippen molar-refractivity contribution in [3.05, 3.63) is 24.0 Å². The second-order valence-electron chi connectivity index (χ2n) is 4.73. The van der Waals surface area contributed by atoms with E-state index in [1.54, 1.807) is 13.0 Å². The molecule has 0 bridgehead atoms. The van der Waals surface area contributed by atoms with E-state index >= 15 is 0 Å². The van der Waals surface area contributed by atoms with Crippen LogP contribution in [-0.2, 0) is 4.79 Å². The lowest BCUT2D eigenvalue weighted by atomic mass is 9.81. The summed E-state index contributed by atoms with van der Waals surface area (Å²) in [6.07, 6.45) is 1.89. The lowest BCUT2D eigenvalue weighted by molar-refractivity contribution is -0.115. The van der Waals surface area contributed by atoms with Gasteiger partial charge in [-0.2, -0.15) is 5.26 Å². The van der Waals surface area contributed by atoms with Gasteiger partial charge in [0, 0.05) is 12.5 Å². The van der Waals surface area contributed by atoms with Crippen molar-refractivity contribution in [2.75, 3.05) is 10.6 Å². The van der Waals surface area contributed by atoms with Crippen LogP contribution in [0.2, 0.25) is 0 Å². The second kappa shape index (κ2) is 5.70. The van der Waals surface area contributed by atoms with Crippen LogP contribution >= 0.6 is 0 Å². The Morgan fingerprint density at radius 2 is 2.21 bits per heavy atom. The first-order valence-electron chi connectivity index (χ1n) is 6.38. The molecule has 1 aromatic carbocycles. The number of nitriles is 1. The summed E-state index contributed by atoms with van der Waals surface area (Å²) >= 11 is 0. The van der Waals surface area contributed by atoms with Crippen LogP contribution in [0.4, 0.5) is 15.8 Å². The number of benzene rings is 1. The maximum Gasteiger partial charge on any atom is 0.224 e. The van der Waals surface area contributed by atoms with Crippen LogP contribution in [0.25, 0.3) is 0 Å². The van der Waals surface area contributed by atoms with E-state index in [0.29, 0.717) is 17.8 Å². The van der Waals surface area contributed by atoms with E-state index < -0.39 is 0 Å². The Morgan fingerprint density at radius 1 is 1.47 bits per heavy atom. The molecule has 1 aliphatic carbocycles. The lowest BCUT2D eigenvalue weighted by Gasteiger charge is -2.32. The monoisotopic (exact) mass is 261 g/mol. The Labute approximate surface area is 111 Å². The minimum absolute atomic E-state index is 0.0831. The zero-order valence-corrected chi connectivity index (χ0v) is 10.7. The summed E-state index contributed by atoms with van der Waals surface area (Å²) in [5.41, 5.74) is 1.15. The summed E-state index contributed by atoms with van der Waals surface area (Å²) < 4.78 is 13.3. The topological polar surface area (TPSA) is 64.9 Å². The van der Waals surface area contributed by atoms with E-state index in [9.17, 15) is 9.18 Å². The highest BCUT2D eigenvalue weighted by atomic mass is 19.1. The summed E-state index contributed by atoms with van der Waals surface area (Å²) in [4.78, 5) is 11.4. The summed E-state index contributed by atoms with van der Waals surface area (Å²) in [6.45, 7) is 1.76. The van der Waals surface area contributed by atoms with Gasteiger partial charge in [-0.05, 0) is 31.0 Å². The van der Waals surface area contributed by atoms with E-state index in [-0.39, 0.29) is 23.7 Å². The molecule has 0 aromatic heterocycles. The van der Waals surface area contributed by atoms with Crippen LogP contribution < -0.4 is 10.6 Å². The smallest absolute Gasteiger partial charge is 0.224 e. The molecule has 2 N–H and O–H groups in total. The van der Waals surface area contributed by atoms with Crippen molar-refractivity contribution in [2.24, 2.45) is 5.92 Å². The molecule has 0 radical (unpaired) electrons. The first-order chi connectivity index (χ1) is 9.12. The predicted octanol–water partition coefficient (Wildman–Crippen LogP) is 2.89. The normalized spacial score (nSPS) is 21.1. The molecular weight excluding hydrogens is 245 g/mol. The van der Waals surface area contributed by atoms with Gasteiger partial charge in [0.25, 0.3) is 0 Å². The number of hydrogen-bond acceptors (Lipinski definition) is 3. The van der Waals surface area contributed by atoms with Crippen molar-refractivity contribution < 1.29 is 9.18 Å². The summed E-state index contributed by atoms with van der Waals surface area (Å²) in [7, 11) is 0.